The van der Waals surface area contributed by atoms with Gasteiger partial charge in [-0.05, 0) is 36.3 Å². The van der Waals surface area contributed by atoms with E-state index in [0.717, 1.165) is 17.0 Å². The monoisotopic (exact) mass is 525 g/mol. The molecule has 1 aliphatic carbocycles. The normalized spacial score (nSPS) is 13.6. The molecule has 0 bridgehead atoms. The average molecular weight is 526 g/mol. The second kappa shape index (κ2) is 30.8. The average Bonchev–Trinajstić information content (AvgIpc) is 3.19. The zero-order valence-corrected chi connectivity index (χ0v) is 24.3. The molecule has 1 atom stereocenters. The van der Waals surface area contributed by atoms with Crippen LogP contribution in [0.15, 0.2) is 130 Å². The van der Waals surface area contributed by atoms with E-state index in [0.29, 0.717) is 6.54 Å². The number of hydrogen-bond acceptors (Lipinski definition) is 4. The maximum Gasteiger partial charge on any atom is 0.0479 e. The van der Waals surface area contributed by atoms with Gasteiger partial charge in [-0.25, -0.2) is 0 Å². The third-order valence-corrected chi connectivity index (χ3v) is 4.44. The molecule has 1 aliphatic rings. The van der Waals surface area contributed by atoms with Gasteiger partial charge in [0.2, 0.25) is 0 Å². The zero-order chi connectivity index (χ0) is 28.7. The van der Waals surface area contributed by atoms with Crippen LogP contribution >= 0.6 is 11.6 Å². The van der Waals surface area contributed by atoms with E-state index in [1.54, 1.807) is 12.3 Å². The predicted octanol–water partition coefficient (Wildman–Crippen LogP) is 8.43. The molecule has 1 unspecified atom stereocenters. The van der Waals surface area contributed by atoms with Crippen molar-refractivity contribution in [1.29, 1.82) is 0 Å². The lowest BCUT2D eigenvalue weighted by atomic mass is 10.0. The first-order valence-corrected chi connectivity index (χ1v) is 13.0. The first-order valence-electron chi connectivity index (χ1n) is 12.6. The van der Waals surface area contributed by atoms with Crippen molar-refractivity contribution in [2.24, 2.45) is 33.6 Å². The third-order valence-electron chi connectivity index (χ3n) is 4.16. The van der Waals surface area contributed by atoms with Gasteiger partial charge in [-0.2, -0.15) is 0 Å². The van der Waals surface area contributed by atoms with Crippen molar-refractivity contribution in [3.05, 3.63) is 126 Å². The molecule has 2 rings (SSSR count). The van der Waals surface area contributed by atoms with Crippen LogP contribution in [0.1, 0.15) is 46.6 Å². The molecule has 1 aromatic rings. The van der Waals surface area contributed by atoms with E-state index in [4.69, 9.17) is 23.2 Å². The summed E-state index contributed by atoms with van der Waals surface area (Å²) in [7, 11) is 1.50. The van der Waals surface area contributed by atoms with Crippen molar-refractivity contribution in [2.45, 2.75) is 41.0 Å². The molecule has 6 N–H and O–H groups in total. The third kappa shape index (κ3) is 22.9. The predicted molar refractivity (Wildman–Crippen MR) is 168 cm³/mol. The highest BCUT2D eigenvalue weighted by Gasteiger charge is 2.03. The number of rotatable bonds is 8. The summed E-state index contributed by atoms with van der Waals surface area (Å²) in [5.41, 5.74) is 13.4. The standard InChI is InChI=1S/C15H17N.C11H14ClN3.2C2H6.CH5N/c1-2-7-14(10-6-13-16)11-12-15-8-4-3-5-9-15;1-9(7-8-14-15-13)10-3-2-4-11(12)6-5-10;3*1-2/h2-12H,1,13,16H2;3-9H,2H2,1H3,(H2,13,14);2*1-2H3;2H2,1H3/b10-6-,12-11+,14-7+;8-7-;;;. The molecule has 0 amide bonds. The van der Waals surface area contributed by atoms with Crippen LogP contribution in [-0.4, -0.2) is 13.6 Å². The van der Waals surface area contributed by atoms with Crippen molar-refractivity contribution in [3.8, 4) is 0 Å². The molecule has 204 valence electrons. The molecule has 0 spiro atoms. The second-order valence-corrected chi connectivity index (χ2v) is 6.94. The largest absolute Gasteiger partial charge is 0.333 e. The van der Waals surface area contributed by atoms with Crippen LogP contribution < -0.4 is 17.3 Å². The highest BCUT2D eigenvalue weighted by atomic mass is 35.5. The van der Waals surface area contributed by atoms with Crippen LogP contribution in [0.3, 0.4) is 0 Å². The molecule has 0 aromatic heterocycles. The fraction of sp³-hybridized carbons (Fsp3) is 0.290. The van der Waals surface area contributed by atoms with E-state index in [1.807, 2.05) is 94.5 Å². The summed E-state index contributed by atoms with van der Waals surface area (Å²) >= 11 is 5.89. The summed E-state index contributed by atoms with van der Waals surface area (Å²) in [4.78, 5) is 0. The molecule has 0 fully saturated rings. The highest BCUT2D eigenvalue weighted by molar-refractivity contribution is 6.31. The van der Waals surface area contributed by atoms with Crippen LogP contribution in [0.4, 0.5) is 0 Å². The second-order valence-electron chi connectivity index (χ2n) is 6.51. The lowest BCUT2D eigenvalue weighted by molar-refractivity contribution is 0.877. The van der Waals surface area contributed by atoms with Gasteiger partial charge in [0.1, 0.15) is 0 Å². The van der Waals surface area contributed by atoms with Crippen molar-refractivity contribution in [3.63, 3.8) is 0 Å². The lowest BCUT2D eigenvalue weighted by Gasteiger charge is -2.05. The molecule has 0 radical (unpaired) electrons. The van der Waals surface area contributed by atoms with Crippen molar-refractivity contribution in [1.82, 2.24) is 0 Å². The van der Waals surface area contributed by atoms with Crippen molar-refractivity contribution in [2.75, 3.05) is 13.6 Å². The minimum atomic E-state index is 0.280. The van der Waals surface area contributed by atoms with Crippen molar-refractivity contribution < 1.29 is 0 Å². The molecule has 0 saturated carbocycles. The molecule has 0 heterocycles. The lowest BCUT2D eigenvalue weighted by Crippen LogP contribution is -1.92. The van der Waals surface area contributed by atoms with E-state index < -0.39 is 0 Å². The Hall–Kier alpha value is -3.25. The number of nitrogens with two attached hydrogens (primary N) is 3. The summed E-state index contributed by atoms with van der Waals surface area (Å²) in [5.74, 6) is 5.17. The number of halogens is 1. The van der Waals surface area contributed by atoms with Gasteiger partial charge in [0.15, 0.2) is 0 Å². The minimum absolute atomic E-state index is 0.280. The highest BCUT2D eigenvalue weighted by Crippen LogP contribution is 2.20. The molecule has 0 aliphatic heterocycles. The fourth-order valence-electron chi connectivity index (χ4n) is 2.54. The first-order chi connectivity index (χ1) is 18.1. The molecule has 6 heteroatoms. The van der Waals surface area contributed by atoms with Crippen LogP contribution in [0.25, 0.3) is 6.08 Å². The number of benzene rings is 1. The first kappa shape index (κ1) is 38.3. The molecular weight excluding hydrogens is 478 g/mol. The summed E-state index contributed by atoms with van der Waals surface area (Å²) in [6, 6.07) is 10.2. The number of hydrogen-bond donors (Lipinski definition) is 3. The Bertz CT molecular complexity index is 905. The number of nitrogens with zero attached hydrogens (tertiary/aromatic N) is 2. The summed E-state index contributed by atoms with van der Waals surface area (Å²) in [6.45, 7) is 14.3. The summed E-state index contributed by atoms with van der Waals surface area (Å²) in [5, 5.41) is 7.51. The smallest absolute Gasteiger partial charge is 0.0479 e. The van der Waals surface area contributed by atoms with E-state index >= 15 is 0 Å². The Morgan fingerprint density at radius 2 is 1.70 bits per heavy atom. The van der Waals surface area contributed by atoms with Crippen LogP contribution in [0.2, 0.25) is 0 Å². The molecular formula is C31H48ClN5. The van der Waals surface area contributed by atoms with Gasteiger partial charge in [-0.3, -0.25) is 0 Å². The van der Waals surface area contributed by atoms with E-state index in [2.05, 4.69) is 53.9 Å². The van der Waals surface area contributed by atoms with Gasteiger partial charge in [0, 0.05) is 23.7 Å². The van der Waals surface area contributed by atoms with Gasteiger partial charge in [0.25, 0.3) is 0 Å². The minimum Gasteiger partial charge on any atom is -0.333 e. The topological polar surface area (TPSA) is 103 Å². The van der Waals surface area contributed by atoms with Gasteiger partial charge in [-0.15, -0.1) is 5.11 Å². The Labute approximate surface area is 231 Å². The zero-order valence-electron chi connectivity index (χ0n) is 23.5. The Morgan fingerprint density at radius 1 is 1.05 bits per heavy atom. The Kier molecular flexibility index (Phi) is 31.8. The fourth-order valence-corrected chi connectivity index (χ4v) is 2.69. The van der Waals surface area contributed by atoms with Crippen molar-refractivity contribution >= 4 is 17.7 Å². The Balaban J connectivity index is -0.000000520. The van der Waals surface area contributed by atoms with Crippen LogP contribution in [0.5, 0.6) is 0 Å². The maximum absolute atomic E-state index is 5.89. The molecule has 37 heavy (non-hydrogen) atoms. The quantitative estimate of drug-likeness (QED) is 0.137. The molecule has 1 aromatic carbocycles. The van der Waals surface area contributed by atoms with Crippen LogP contribution in [-0.2, 0) is 0 Å². The SMILES string of the molecule is C=C/C=C(\C=C/CN)/C=C/c1ccccc1.CC.CC.CC(/C=C\N=NN)C1=CCC=C(Cl)C=C1.CN. The van der Waals surface area contributed by atoms with Gasteiger partial charge < -0.3 is 17.3 Å². The maximum atomic E-state index is 5.89. The van der Waals surface area contributed by atoms with E-state index in [-0.39, 0.29) is 5.92 Å². The summed E-state index contributed by atoms with van der Waals surface area (Å²) < 4.78 is 0. The van der Waals surface area contributed by atoms with E-state index in [1.165, 1.54) is 18.2 Å². The Morgan fingerprint density at radius 3 is 2.27 bits per heavy atom. The number of allylic oxidation sites excluding steroid dienone is 12. The van der Waals surface area contributed by atoms with Gasteiger partial charge in [-0.1, -0.05) is 149 Å². The molecule has 5 nitrogen and oxygen atoms in total. The summed E-state index contributed by atoms with van der Waals surface area (Å²) in [6.07, 6.45) is 24.2. The van der Waals surface area contributed by atoms with Gasteiger partial charge in [0.05, 0.1) is 0 Å². The van der Waals surface area contributed by atoms with E-state index in [9.17, 15) is 0 Å². The molecule has 0 saturated heterocycles. The van der Waals surface area contributed by atoms with Crippen LogP contribution in [0, 0.1) is 5.92 Å². The van der Waals surface area contributed by atoms with Gasteiger partial charge >= 0.3 is 0 Å².